The lowest BCUT2D eigenvalue weighted by Crippen LogP contribution is -2.56. The third-order valence-corrected chi connectivity index (χ3v) is 21.5. The summed E-state index contributed by atoms with van der Waals surface area (Å²) in [6.45, 7) is 15.8. The molecule has 5 aliphatic rings. The van der Waals surface area contributed by atoms with Gasteiger partial charge in [0.1, 0.15) is 11.2 Å². The van der Waals surface area contributed by atoms with Crippen LogP contribution in [0.15, 0.2) is 168 Å². The van der Waals surface area contributed by atoms with Crippen LogP contribution in [0.25, 0.3) is 33.1 Å². The molecule has 0 radical (unpaired) electrons. The van der Waals surface area contributed by atoms with E-state index in [1.807, 2.05) is 18.2 Å². The van der Waals surface area contributed by atoms with Crippen molar-refractivity contribution in [3.05, 3.63) is 208 Å². The van der Waals surface area contributed by atoms with Crippen LogP contribution < -0.4 is 27.0 Å². The van der Waals surface area contributed by atoms with Crippen LogP contribution in [0.2, 0.25) is 0 Å². The van der Waals surface area contributed by atoms with Crippen molar-refractivity contribution in [3.63, 3.8) is 0 Å². The van der Waals surface area contributed by atoms with Crippen molar-refractivity contribution in [2.24, 2.45) is 11.8 Å². The molecule has 4 bridgehead atoms. The minimum atomic E-state index is -3.00. The second-order valence-electron chi connectivity index (χ2n) is 22.6. The zero-order valence-electron chi connectivity index (χ0n) is 41.5. The Hall–Kier alpha value is -5.89. The lowest BCUT2D eigenvalue weighted by atomic mass is 9.34. The molecule has 69 heavy (non-hydrogen) atoms. The van der Waals surface area contributed by atoms with Crippen LogP contribution in [0.5, 0.6) is 0 Å². The summed E-state index contributed by atoms with van der Waals surface area (Å²) >= 11 is 0. The smallest absolute Gasteiger partial charge is 0.242 e. The molecule has 0 saturated heterocycles. The van der Waals surface area contributed by atoms with E-state index in [0.717, 1.165) is 45.4 Å². The van der Waals surface area contributed by atoms with Gasteiger partial charge < -0.3 is 8.98 Å². The maximum absolute atomic E-state index is 15.6. The lowest BCUT2D eigenvalue weighted by molar-refractivity contribution is -0.0281. The predicted molar refractivity (Wildman–Crippen MR) is 294 cm³/mol. The van der Waals surface area contributed by atoms with Gasteiger partial charge in [-0.05, 0) is 157 Å². The van der Waals surface area contributed by atoms with Crippen LogP contribution in [-0.2, 0) is 15.4 Å². The van der Waals surface area contributed by atoms with Crippen LogP contribution in [0, 0.1) is 53.4 Å². The molecule has 2 nitrogen and oxygen atoms in total. The van der Waals surface area contributed by atoms with E-state index in [1.54, 1.807) is 0 Å². The SMILES string of the molecule is Cc1cc(C)c(B(c2ccc3oc4ccc(-c5ccc(C67CC8C[C@@H](C6)CC(c6ccc(P(=O)(c9ccccc9)[C@]9(C)C=CC=CC9)cc6)(C8)C7)cc5)cc4c3c2)c2c(C)cc(C)cc2C)c(C)c1. The van der Waals surface area contributed by atoms with E-state index < -0.39 is 12.3 Å². The fourth-order valence-corrected chi connectivity index (χ4v) is 18.5. The Balaban J connectivity index is 0.870. The monoisotopic (exact) mass is 918 g/mol. The van der Waals surface area contributed by atoms with Gasteiger partial charge in [-0.1, -0.05) is 195 Å². The number of aryl methyl sites for hydroxylation is 6. The van der Waals surface area contributed by atoms with Crippen molar-refractivity contribution in [3.8, 4) is 11.1 Å². The molecule has 4 saturated carbocycles. The lowest BCUT2D eigenvalue weighted by Gasteiger charge is -2.63. The van der Waals surface area contributed by atoms with Crippen LogP contribution >= 0.6 is 7.14 Å². The Labute approximate surface area is 410 Å². The first-order chi connectivity index (χ1) is 33.2. The minimum Gasteiger partial charge on any atom is -0.456 e. The number of allylic oxidation sites excluding steroid dienone is 4. The highest BCUT2D eigenvalue weighted by Gasteiger charge is 2.58. The summed E-state index contributed by atoms with van der Waals surface area (Å²) in [7, 11) is -3.00. The molecular weight excluding hydrogens is 854 g/mol. The van der Waals surface area contributed by atoms with E-state index in [2.05, 4.69) is 194 Å². The summed E-state index contributed by atoms with van der Waals surface area (Å²) in [5.74, 6) is 1.47. The molecule has 4 unspecified atom stereocenters. The van der Waals surface area contributed by atoms with Crippen molar-refractivity contribution in [1.29, 1.82) is 0 Å². The van der Waals surface area contributed by atoms with Crippen LogP contribution in [-0.4, -0.2) is 11.9 Å². The first kappa shape index (κ1) is 44.3. The number of furan rings is 1. The Morgan fingerprint density at radius 2 is 1.06 bits per heavy atom. The molecule has 4 heteroatoms. The Morgan fingerprint density at radius 1 is 0.551 bits per heavy atom. The van der Waals surface area contributed by atoms with E-state index >= 15 is 4.57 Å². The molecule has 0 N–H and O–H groups in total. The second-order valence-corrected chi connectivity index (χ2v) is 25.8. The first-order valence-electron chi connectivity index (χ1n) is 25.6. The number of rotatable bonds is 9. The normalized spacial score (nSPS) is 24.6. The van der Waals surface area contributed by atoms with E-state index in [1.165, 1.54) is 116 Å². The molecule has 1 aromatic heterocycles. The molecule has 5 aliphatic carbocycles. The van der Waals surface area contributed by atoms with Crippen LogP contribution in [0.4, 0.5) is 0 Å². The van der Waals surface area contributed by atoms with Crippen molar-refractivity contribution < 1.29 is 8.98 Å². The summed E-state index contributed by atoms with van der Waals surface area (Å²) in [4.78, 5) is 0. The molecular formula is C65H64BO2P. The third kappa shape index (κ3) is 7.16. The molecule has 4 fully saturated rings. The summed E-state index contributed by atoms with van der Waals surface area (Å²) in [6, 6.07) is 52.3. The van der Waals surface area contributed by atoms with Crippen molar-refractivity contribution in [2.75, 3.05) is 0 Å². The van der Waals surface area contributed by atoms with Gasteiger partial charge in [-0.15, -0.1) is 0 Å². The van der Waals surface area contributed by atoms with Crippen molar-refractivity contribution >= 4 is 62.8 Å². The van der Waals surface area contributed by atoms with Gasteiger partial charge in [0.25, 0.3) is 0 Å². The molecule has 13 rings (SSSR count). The van der Waals surface area contributed by atoms with Crippen LogP contribution in [0.1, 0.15) is 96.4 Å². The molecule has 0 amide bonds. The Bertz CT molecular complexity index is 3330. The zero-order chi connectivity index (χ0) is 47.5. The number of benzene rings is 7. The fourth-order valence-electron chi connectivity index (χ4n) is 15.2. The van der Waals surface area contributed by atoms with E-state index in [4.69, 9.17) is 4.42 Å². The number of hydrogen-bond donors (Lipinski definition) is 0. The van der Waals surface area contributed by atoms with Gasteiger partial charge in [0, 0.05) is 21.4 Å². The fraction of sp³-hybridized carbons (Fsp3) is 0.292. The molecule has 6 atom stereocenters. The average molecular weight is 919 g/mol. The Kier molecular flexibility index (Phi) is 10.5. The van der Waals surface area contributed by atoms with Gasteiger partial charge in [0.2, 0.25) is 6.71 Å². The van der Waals surface area contributed by atoms with Crippen molar-refractivity contribution in [1.82, 2.24) is 0 Å². The Morgan fingerprint density at radius 3 is 1.61 bits per heavy atom. The standard InChI is InChI=1S/C65H64BO2P/c1-42-30-44(3)61(45(4)31-42)66(62-46(5)32-43(2)33-47(62)6)54-23-27-60-58(36-54)57-35-51(18-26-59(57)68-60)50-16-19-52(20-17-50)64-37-48-34-49(38-64)40-65(39-48,41-64)53-21-24-56(25-22-53)69(67,55-14-10-8-11-15-55)63(7)28-12-9-13-29-63/h8-28,30-33,35-36,48-49H,29,34,37-41H2,1-7H3/t48-,49?,63+,64?,65?,69?/m0/s1. The molecule has 8 aromatic rings. The van der Waals surface area contributed by atoms with E-state index in [-0.39, 0.29) is 17.5 Å². The van der Waals surface area contributed by atoms with E-state index in [0.29, 0.717) is 0 Å². The molecule has 344 valence electrons. The van der Waals surface area contributed by atoms with Gasteiger partial charge in [0.15, 0.2) is 7.14 Å². The zero-order valence-corrected chi connectivity index (χ0v) is 42.4. The topological polar surface area (TPSA) is 30.2 Å². The predicted octanol–water partition coefficient (Wildman–Crippen LogP) is 14.0. The molecule has 7 aromatic carbocycles. The average Bonchev–Trinajstić information content (AvgIpc) is 3.70. The van der Waals surface area contributed by atoms with Gasteiger partial charge >= 0.3 is 0 Å². The summed E-state index contributed by atoms with van der Waals surface area (Å²) < 4.78 is 22.2. The largest absolute Gasteiger partial charge is 0.456 e. The maximum atomic E-state index is 15.6. The molecule has 0 spiro atoms. The third-order valence-electron chi connectivity index (χ3n) is 17.7. The highest BCUT2D eigenvalue weighted by Crippen LogP contribution is 2.66. The van der Waals surface area contributed by atoms with Gasteiger partial charge in [-0.2, -0.15) is 0 Å². The van der Waals surface area contributed by atoms with Crippen molar-refractivity contribution in [2.45, 2.75) is 109 Å². The minimum absolute atomic E-state index is 0.1000. The maximum Gasteiger partial charge on any atom is 0.242 e. The highest BCUT2D eigenvalue weighted by atomic mass is 31.2. The summed E-state index contributed by atoms with van der Waals surface area (Å²) in [5, 5.41) is 3.79. The molecule has 1 heterocycles. The molecule has 0 aliphatic heterocycles. The number of hydrogen-bond acceptors (Lipinski definition) is 2. The first-order valence-corrected chi connectivity index (χ1v) is 27.3. The van der Waals surface area contributed by atoms with Gasteiger partial charge in [-0.25, -0.2) is 0 Å². The van der Waals surface area contributed by atoms with Crippen LogP contribution in [0.3, 0.4) is 0 Å². The number of fused-ring (bicyclic) bond motifs is 3. The highest BCUT2D eigenvalue weighted by molar-refractivity contribution is 7.80. The van der Waals surface area contributed by atoms with Gasteiger partial charge in [-0.3, -0.25) is 0 Å². The summed E-state index contributed by atoms with van der Waals surface area (Å²) in [6.07, 6.45) is 16.9. The summed E-state index contributed by atoms with van der Waals surface area (Å²) in [5.41, 5.74) is 19.7. The quantitative estimate of drug-likeness (QED) is 0.107. The van der Waals surface area contributed by atoms with Gasteiger partial charge in [0.05, 0.1) is 5.16 Å². The van der Waals surface area contributed by atoms with E-state index in [9.17, 15) is 0 Å². The second kappa shape index (κ2) is 16.4.